The first kappa shape index (κ1) is 15.3. The molecule has 0 aromatic heterocycles. The summed E-state index contributed by atoms with van der Waals surface area (Å²) in [5.74, 6) is -2.70. The number of carboxylic acids is 1. The van der Waals surface area contributed by atoms with E-state index in [0.29, 0.717) is 0 Å². The Kier molecular flexibility index (Phi) is 4.45. The molecule has 0 saturated carbocycles. The lowest BCUT2D eigenvalue weighted by Crippen LogP contribution is -2.14. The molecule has 0 spiro atoms. The fraction of sp³-hybridized carbons (Fsp3) is 0. The van der Waals surface area contributed by atoms with Gasteiger partial charge in [-0.25, -0.2) is 9.18 Å². The Labute approximate surface area is 129 Å². The van der Waals surface area contributed by atoms with Gasteiger partial charge in [0.05, 0.1) is 21.8 Å². The molecule has 0 saturated heterocycles. The van der Waals surface area contributed by atoms with Crippen molar-refractivity contribution in [1.29, 1.82) is 0 Å². The normalized spacial score (nSPS) is 10.2. The van der Waals surface area contributed by atoms with Crippen molar-refractivity contribution in [3.05, 3.63) is 63.4 Å². The Morgan fingerprint density at radius 2 is 1.81 bits per heavy atom. The van der Waals surface area contributed by atoms with Gasteiger partial charge in [0, 0.05) is 5.02 Å². The van der Waals surface area contributed by atoms with E-state index in [1.807, 2.05) is 0 Å². The van der Waals surface area contributed by atoms with Crippen LogP contribution in [0.2, 0.25) is 10.0 Å². The third-order valence-corrected chi connectivity index (χ3v) is 3.20. The van der Waals surface area contributed by atoms with Crippen LogP contribution in [0.15, 0.2) is 36.4 Å². The van der Waals surface area contributed by atoms with Crippen LogP contribution >= 0.6 is 23.2 Å². The molecule has 4 nitrogen and oxygen atoms in total. The molecule has 108 valence electrons. The highest BCUT2D eigenvalue weighted by Gasteiger charge is 2.15. The highest BCUT2D eigenvalue weighted by molar-refractivity contribution is 6.34. The second kappa shape index (κ2) is 6.11. The minimum atomic E-state index is -1.17. The molecule has 0 heterocycles. The van der Waals surface area contributed by atoms with Gasteiger partial charge in [-0.1, -0.05) is 23.2 Å². The van der Waals surface area contributed by atoms with Gasteiger partial charge in [0.25, 0.3) is 5.91 Å². The largest absolute Gasteiger partial charge is 0.478 e. The first-order valence-corrected chi connectivity index (χ1v) is 6.43. The van der Waals surface area contributed by atoms with Crippen molar-refractivity contribution in [3.63, 3.8) is 0 Å². The van der Waals surface area contributed by atoms with E-state index in [1.165, 1.54) is 30.3 Å². The molecule has 0 aliphatic rings. The molecule has 21 heavy (non-hydrogen) atoms. The molecule has 2 aromatic rings. The molecular formula is C14H8Cl2FNO3. The summed E-state index contributed by atoms with van der Waals surface area (Å²) in [7, 11) is 0. The fourth-order valence-corrected chi connectivity index (χ4v) is 1.95. The van der Waals surface area contributed by atoms with Crippen molar-refractivity contribution in [2.45, 2.75) is 0 Å². The first-order chi connectivity index (χ1) is 9.88. The van der Waals surface area contributed by atoms with Gasteiger partial charge in [0.1, 0.15) is 5.82 Å². The SMILES string of the molecule is O=C(O)c1ccc(Cl)c(NC(=O)c2cc(Cl)ccc2F)c1. The molecule has 1 amide bonds. The lowest BCUT2D eigenvalue weighted by atomic mass is 10.1. The standard InChI is InChI=1S/C14H8Cl2FNO3/c15-8-2-4-11(17)9(6-8)13(19)18-12-5-7(14(20)21)1-3-10(12)16/h1-6H,(H,18,19)(H,20,21). The second-order valence-electron chi connectivity index (χ2n) is 4.08. The maximum Gasteiger partial charge on any atom is 0.335 e. The van der Waals surface area contributed by atoms with Crippen molar-refractivity contribution in [1.82, 2.24) is 0 Å². The fourth-order valence-electron chi connectivity index (χ4n) is 1.62. The van der Waals surface area contributed by atoms with Gasteiger partial charge in [-0.2, -0.15) is 0 Å². The summed E-state index contributed by atoms with van der Waals surface area (Å²) in [6, 6.07) is 7.35. The average molecular weight is 328 g/mol. The second-order valence-corrected chi connectivity index (χ2v) is 4.92. The number of carbonyl (C=O) groups excluding carboxylic acids is 1. The van der Waals surface area contributed by atoms with Crippen LogP contribution in [0.4, 0.5) is 10.1 Å². The van der Waals surface area contributed by atoms with E-state index in [-0.39, 0.29) is 26.9 Å². The van der Waals surface area contributed by atoms with Crippen molar-refractivity contribution in [2.24, 2.45) is 0 Å². The van der Waals surface area contributed by atoms with Crippen molar-refractivity contribution >= 4 is 40.8 Å². The number of carboxylic acid groups (broad SMARTS) is 1. The van der Waals surface area contributed by atoms with E-state index in [1.54, 1.807) is 0 Å². The molecule has 0 atom stereocenters. The zero-order valence-electron chi connectivity index (χ0n) is 10.4. The van der Waals surface area contributed by atoms with Crippen molar-refractivity contribution in [3.8, 4) is 0 Å². The highest BCUT2D eigenvalue weighted by Crippen LogP contribution is 2.24. The maximum atomic E-state index is 13.6. The predicted molar refractivity (Wildman–Crippen MR) is 77.8 cm³/mol. The molecule has 2 aromatic carbocycles. The molecule has 0 aliphatic carbocycles. The van der Waals surface area contributed by atoms with Crippen LogP contribution < -0.4 is 5.32 Å². The third kappa shape index (κ3) is 3.51. The van der Waals surface area contributed by atoms with E-state index in [9.17, 15) is 14.0 Å². The smallest absolute Gasteiger partial charge is 0.335 e. The molecule has 0 unspecified atom stereocenters. The summed E-state index contributed by atoms with van der Waals surface area (Å²) in [4.78, 5) is 22.9. The predicted octanol–water partition coefficient (Wildman–Crippen LogP) is 4.08. The Balaban J connectivity index is 2.33. The van der Waals surface area contributed by atoms with E-state index in [2.05, 4.69) is 5.32 Å². The Morgan fingerprint density at radius 3 is 2.48 bits per heavy atom. The zero-order valence-corrected chi connectivity index (χ0v) is 11.9. The van der Waals surface area contributed by atoms with Crippen LogP contribution in [-0.2, 0) is 0 Å². The minimum absolute atomic E-state index is 0.0544. The maximum absolute atomic E-state index is 13.6. The van der Waals surface area contributed by atoms with Crippen LogP contribution in [-0.4, -0.2) is 17.0 Å². The number of carbonyl (C=O) groups is 2. The summed E-state index contributed by atoms with van der Waals surface area (Å²) in [6.45, 7) is 0. The molecule has 0 fully saturated rings. The number of amides is 1. The average Bonchev–Trinajstić information content (AvgIpc) is 2.43. The molecule has 0 radical (unpaired) electrons. The zero-order chi connectivity index (χ0) is 15.6. The van der Waals surface area contributed by atoms with Crippen LogP contribution in [0, 0.1) is 5.82 Å². The Bertz CT molecular complexity index is 734. The molecule has 0 aliphatic heterocycles. The highest BCUT2D eigenvalue weighted by atomic mass is 35.5. The lowest BCUT2D eigenvalue weighted by molar-refractivity contribution is 0.0696. The van der Waals surface area contributed by atoms with E-state index in [0.717, 1.165) is 6.07 Å². The molecule has 2 N–H and O–H groups in total. The number of hydrogen-bond donors (Lipinski definition) is 2. The van der Waals surface area contributed by atoms with Gasteiger partial charge >= 0.3 is 5.97 Å². The third-order valence-electron chi connectivity index (χ3n) is 2.63. The van der Waals surface area contributed by atoms with Crippen LogP contribution in [0.3, 0.4) is 0 Å². The van der Waals surface area contributed by atoms with Gasteiger partial charge in [-0.05, 0) is 36.4 Å². The van der Waals surface area contributed by atoms with E-state index >= 15 is 0 Å². The summed E-state index contributed by atoms with van der Waals surface area (Å²) in [5.41, 5.74) is -0.249. The molecular weight excluding hydrogens is 320 g/mol. The summed E-state index contributed by atoms with van der Waals surface area (Å²) in [6.07, 6.45) is 0. The van der Waals surface area contributed by atoms with E-state index < -0.39 is 17.7 Å². The number of rotatable bonds is 3. The number of aromatic carboxylic acids is 1. The number of hydrogen-bond acceptors (Lipinski definition) is 2. The van der Waals surface area contributed by atoms with Crippen LogP contribution in [0.1, 0.15) is 20.7 Å². The molecule has 0 bridgehead atoms. The number of halogens is 3. The topological polar surface area (TPSA) is 66.4 Å². The van der Waals surface area contributed by atoms with Crippen LogP contribution in [0.25, 0.3) is 0 Å². The van der Waals surface area contributed by atoms with Crippen molar-refractivity contribution in [2.75, 3.05) is 5.32 Å². The molecule has 7 heteroatoms. The monoisotopic (exact) mass is 327 g/mol. The number of anilines is 1. The van der Waals surface area contributed by atoms with Gasteiger partial charge < -0.3 is 10.4 Å². The van der Waals surface area contributed by atoms with E-state index in [4.69, 9.17) is 28.3 Å². The summed E-state index contributed by atoms with van der Waals surface area (Å²) < 4.78 is 13.6. The first-order valence-electron chi connectivity index (χ1n) is 5.67. The van der Waals surface area contributed by atoms with Crippen LogP contribution in [0.5, 0.6) is 0 Å². The van der Waals surface area contributed by atoms with Gasteiger partial charge in [-0.3, -0.25) is 4.79 Å². The summed E-state index contributed by atoms with van der Waals surface area (Å²) in [5, 5.41) is 11.6. The lowest BCUT2D eigenvalue weighted by Gasteiger charge is -2.09. The van der Waals surface area contributed by atoms with Gasteiger partial charge in [0.15, 0.2) is 0 Å². The Morgan fingerprint density at radius 1 is 1.10 bits per heavy atom. The number of benzene rings is 2. The van der Waals surface area contributed by atoms with Gasteiger partial charge in [0.2, 0.25) is 0 Å². The quantitative estimate of drug-likeness (QED) is 0.892. The summed E-state index contributed by atoms with van der Waals surface area (Å²) >= 11 is 11.6. The molecule has 2 rings (SSSR count). The van der Waals surface area contributed by atoms with Gasteiger partial charge in [-0.15, -0.1) is 0 Å². The number of nitrogens with one attached hydrogen (secondary N) is 1. The Hall–Kier alpha value is -2.11. The van der Waals surface area contributed by atoms with Crippen molar-refractivity contribution < 1.29 is 19.1 Å². The minimum Gasteiger partial charge on any atom is -0.478 e.